The quantitative estimate of drug-likeness (QED) is 0.518. The van der Waals surface area contributed by atoms with Gasteiger partial charge in [-0.1, -0.05) is 39.7 Å². The average molecular weight is 221 g/mol. The molecule has 2 unspecified atom stereocenters. The van der Waals surface area contributed by atoms with E-state index in [1.807, 2.05) is 13.8 Å². The van der Waals surface area contributed by atoms with Crippen molar-refractivity contribution in [1.82, 2.24) is 4.90 Å². The molecule has 1 fully saturated rings. The first kappa shape index (κ1) is 14.8. The largest absolute Gasteiger partial charge is 0.325 e. The van der Waals surface area contributed by atoms with Gasteiger partial charge < -0.3 is 4.90 Å². The van der Waals surface area contributed by atoms with E-state index in [1.54, 1.807) is 4.90 Å². The molecule has 0 N–H and O–H groups in total. The fourth-order valence-corrected chi connectivity index (χ4v) is 1.95. The summed E-state index contributed by atoms with van der Waals surface area (Å²) >= 11 is 0. The Kier molecular flexibility index (Phi) is 7.37. The molecule has 1 aliphatic heterocycles. The fraction of sp³-hybridized carbons (Fsp3) is 0.643. The zero-order chi connectivity index (χ0) is 12.6. The topological polar surface area (TPSA) is 20.3 Å². The maximum Gasteiger partial charge on any atom is 0.246 e. The predicted octanol–water partition coefficient (Wildman–Crippen LogP) is 2.85. The van der Waals surface area contributed by atoms with E-state index in [1.165, 1.54) is 6.08 Å². The Labute approximate surface area is 99.7 Å². The number of terminal acetylenes is 1. The van der Waals surface area contributed by atoms with Gasteiger partial charge in [-0.25, -0.2) is 0 Å². The Hall–Kier alpha value is -1.23. The molecule has 16 heavy (non-hydrogen) atoms. The Morgan fingerprint density at radius 1 is 1.62 bits per heavy atom. The first-order chi connectivity index (χ1) is 7.72. The first-order valence-electron chi connectivity index (χ1n) is 6.12. The number of hydrogen-bond acceptors (Lipinski definition) is 1. The van der Waals surface area contributed by atoms with Crippen molar-refractivity contribution in [3.05, 3.63) is 12.7 Å². The molecule has 90 valence electrons. The Balaban J connectivity index is 0.00000106. The van der Waals surface area contributed by atoms with Crippen molar-refractivity contribution in [3.63, 3.8) is 0 Å². The zero-order valence-corrected chi connectivity index (χ0v) is 10.7. The summed E-state index contributed by atoms with van der Waals surface area (Å²) in [5, 5.41) is 0. The number of carbonyl (C=O) groups is 1. The smallest absolute Gasteiger partial charge is 0.246 e. The van der Waals surface area contributed by atoms with Crippen LogP contribution >= 0.6 is 0 Å². The minimum Gasteiger partial charge on any atom is -0.325 e. The lowest BCUT2D eigenvalue weighted by Gasteiger charge is -2.36. The highest BCUT2D eigenvalue weighted by atomic mass is 16.2. The van der Waals surface area contributed by atoms with Crippen molar-refractivity contribution in [1.29, 1.82) is 0 Å². The number of hydrogen-bond donors (Lipinski definition) is 0. The van der Waals surface area contributed by atoms with Crippen LogP contribution in [0.1, 0.15) is 40.0 Å². The van der Waals surface area contributed by atoms with Crippen molar-refractivity contribution in [3.8, 4) is 12.3 Å². The summed E-state index contributed by atoms with van der Waals surface area (Å²) in [4.78, 5) is 13.2. The van der Waals surface area contributed by atoms with E-state index < -0.39 is 0 Å². The Morgan fingerprint density at radius 2 is 2.25 bits per heavy atom. The van der Waals surface area contributed by atoms with E-state index >= 15 is 0 Å². The van der Waals surface area contributed by atoms with E-state index in [0.717, 1.165) is 25.8 Å². The molecule has 1 rings (SSSR count). The van der Waals surface area contributed by atoms with Crippen LogP contribution in [0.2, 0.25) is 0 Å². The van der Waals surface area contributed by atoms with Crippen LogP contribution in [0.25, 0.3) is 0 Å². The molecule has 0 bridgehead atoms. The highest BCUT2D eigenvalue weighted by Crippen LogP contribution is 2.24. The molecule has 1 heterocycles. The van der Waals surface area contributed by atoms with E-state index in [0.29, 0.717) is 5.92 Å². The zero-order valence-electron chi connectivity index (χ0n) is 10.7. The van der Waals surface area contributed by atoms with Crippen LogP contribution in [0.15, 0.2) is 12.7 Å². The minimum atomic E-state index is -0.0393. The van der Waals surface area contributed by atoms with Gasteiger partial charge in [-0.15, -0.1) is 6.42 Å². The maximum absolute atomic E-state index is 11.4. The van der Waals surface area contributed by atoms with Crippen molar-refractivity contribution >= 4 is 5.91 Å². The van der Waals surface area contributed by atoms with Gasteiger partial charge in [-0.3, -0.25) is 4.79 Å². The molecule has 1 saturated heterocycles. The molecule has 2 heteroatoms. The predicted molar refractivity (Wildman–Crippen MR) is 68.9 cm³/mol. The molecular weight excluding hydrogens is 198 g/mol. The summed E-state index contributed by atoms with van der Waals surface area (Å²) in [6.07, 6.45) is 9.92. The molecule has 2 atom stereocenters. The number of likely N-dealkylation sites (tertiary alicyclic amines) is 1. The lowest BCUT2D eigenvalue weighted by molar-refractivity contribution is -0.128. The van der Waals surface area contributed by atoms with E-state index in [9.17, 15) is 4.79 Å². The normalized spacial score (nSPS) is 23.8. The molecule has 0 aliphatic carbocycles. The molecule has 0 radical (unpaired) electrons. The summed E-state index contributed by atoms with van der Waals surface area (Å²) in [5.41, 5.74) is 0. The molecule has 2 nitrogen and oxygen atoms in total. The van der Waals surface area contributed by atoms with Crippen LogP contribution in [-0.2, 0) is 4.79 Å². The number of nitrogens with zero attached hydrogens (tertiary/aromatic N) is 1. The third-order valence-electron chi connectivity index (χ3n) is 2.94. The van der Waals surface area contributed by atoms with E-state index in [4.69, 9.17) is 6.42 Å². The Morgan fingerprint density at radius 3 is 2.69 bits per heavy atom. The molecule has 0 aromatic rings. The highest BCUT2D eigenvalue weighted by Gasteiger charge is 2.28. The van der Waals surface area contributed by atoms with E-state index in [-0.39, 0.29) is 11.9 Å². The first-order valence-corrected chi connectivity index (χ1v) is 6.12. The van der Waals surface area contributed by atoms with E-state index in [2.05, 4.69) is 19.4 Å². The standard InChI is InChI=1S/C12H17NO.C2H6/c1-4-10-7-8-13(12(14)6-3)11(5-2)9-10;1-2/h2,6,10-11H,3-4,7-9H2,1H3;1-2H3. The van der Waals surface area contributed by atoms with Crippen LogP contribution in [0.3, 0.4) is 0 Å². The third kappa shape index (κ3) is 3.73. The maximum atomic E-state index is 11.4. The SMILES string of the molecule is C#CC1CC(CC)CCN1C(=O)C=C.CC. The summed E-state index contributed by atoms with van der Waals surface area (Å²) in [5.74, 6) is 3.32. The van der Waals surface area contributed by atoms with Crippen LogP contribution < -0.4 is 0 Å². The molecule has 0 spiro atoms. The van der Waals surface area contributed by atoms with Crippen molar-refractivity contribution in [2.24, 2.45) is 5.92 Å². The number of rotatable bonds is 2. The molecular formula is C14H23NO. The van der Waals surface area contributed by atoms with Crippen molar-refractivity contribution in [2.75, 3.05) is 6.54 Å². The second-order valence-corrected chi connectivity index (χ2v) is 3.72. The van der Waals surface area contributed by atoms with Crippen LogP contribution in [-0.4, -0.2) is 23.4 Å². The van der Waals surface area contributed by atoms with Gasteiger partial charge in [0.05, 0.1) is 6.04 Å². The second-order valence-electron chi connectivity index (χ2n) is 3.72. The molecule has 0 aromatic carbocycles. The van der Waals surface area contributed by atoms with Crippen LogP contribution in [0, 0.1) is 18.3 Å². The van der Waals surface area contributed by atoms with Gasteiger partial charge in [0.15, 0.2) is 0 Å². The summed E-state index contributed by atoms with van der Waals surface area (Å²) in [6, 6.07) is -0.0285. The molecule has 0 aromatic heterocycles. The van der Waals surface area contributed by atoms with Gasteiger partial charge in [-0.2, -0.15) is 0 Å². The second kappa shape index (κ2) is 7.98. The average Bonchev–Trinajstić information content (AvgIpc) is 2.39. The summed E-state index contributed by atoms with van der Waals surface area (Å²) < 4.78 is 0. The Bertz CT molecular complexity index is 264. The van der Waals surface area contributed by atoms with Gasteiger partial charge in [0.1, 0.15) is 0 Å². The van der Waals surface area contributed by atoms with Crippen molar-refractivity contribution < 1.29 is 4.79 Å². The van der Waals surface area contributed by atoms with Crippen molar-refractivity contribution in [2.45, 2.75) is 46.1 Å². The molecule has 1 aliphatic rings. The molecule has 0 saturated carbocycles. The molecule has 1 amide bonds. The van der Waals surface area contributed by atoms with Gasteiger partial charge >= 0.3 is 0 Å². The lowest BCUT2D eigenvalue weighted by Crippen LogP contribution is -2.44. The summed E-state index contributed by atoms with van der Waals surface area (Å²) in [7, 11) is 0. The van der Waals surface area contributed by atoms with Gasteiger partial charge in [-0.05, 0) is 24.8 Å². The number of piperidine rings is 1. The summed E-state index contributed by atoms with van der Waals surface area (Å²) in [6.45, 7) is 10.4. The lowest BCUT2D eigenvalue weighted by atomic mass is 9.89. The van der Waals surface area contributed by atoms with Gasteiger partial charge in [0, 0.05) is 6.54 Å². The van der Waals surface area contributed by atoms with Crippen LogP contribution in [0.5, 0.6) is 0 Å². The minimum absolute atomic E-state index is 0.0285. The third-order valence-corrected chi connectivity index (χ3v) is 2.94. The number of carbonyl (C=O) groups excluding carboxylic acids is 1. The fourth-order valence-electron chi connectivity index (χ4n) is 1.95. The monoisotopic (exact) mass is 221 g/mol. The number of amides is 1. The van der Waals surface area contributed by atoms with Gasteiger partial charge in [0.2, 0.25) is 5.91 Å². The highest BCUT2D eigenvalue weighted by molar-refractivity contribution is 5.87. The van der Waals surface area contributed by atoms with Crippen LogP contribution in [0.4, 0.5) is 0 Å². The van der Waals surface area contributed by atoms with Gasteiger partial charge in [0.25, 0.3) is 0 Å².